The molecule has 0 bridgehead atoms. The van der Waals surface area contributed by atoms with Gasteiger partial charge in [0.05, 0.1) is 12.5 Å². The number of carbonyl (C=O) groups is 3. The monoisotopic (exact) mass is 381 g/mol. The molecule has 2 aromatic carbocycles. The Kier molecular flexibility index (Phi) is 5.49. The number of ether oxygens (including phenoxy) is 2. The van der Waals surface area contributed by atoms with Crippen LogP contribution in [0.25, 0.3) is 11.1 Å². The van der Waals surface area contributed by atoms with Gasteiger partial charge in [0.2, 0.25) is 0 Å². The zero-order chi connectivity index (χ0) is 20.3. The SMILES string of the molecule is CC(C)(C)OC(=O)CC(C=O)NC(=O)OC1c2ccccc2-c2ccccc21. The molecule has 1 atom stereocenters. The first-order valence-electron chi connectivity index (χ1n) is 9.11. The van der Waals surface area contributed by atoms with Crippen LogP contribution >= 0.6 is 0 Å². The van der Waals surface area contributed by atoms with Crippen LogP contribution < -0.4 is 5.32 Å². The van der Waals surface area contributed by atoms with Crippen LogP contribution in [-0.2, 0) is 19.1 Å². The van der Waals surface area contributed by atoms with Gasteiger partial charge in [-0.2, -0.15) is 0 Å². The Bertz CT molecular complexity index is 854. The van der Waals surface area contributed by atoms with Gasteiger partial charge in [-0.3, -0.25) is 4.79 Å². The minimum atomic E-state index is -1.02. The highest BCUT2D eigenvalue weighted by Gasteiger charge is 2.31. The summed E-state index contributed by atoms with van der Waals surface area (Å²) in [6, 6.07) is 14.4. The zero-order valence-corrected chi connectivity index (χ0v) is 16.1. The molecule has 6 heteroatoms. The summed E-state index contributed by atoms with van der Waals surface area (Å²) in [5, 5.41) is 2.44. The van der Waals surface area contributed by atoms with Crippen molar-refractivity contribution in [1.29, 1.82) is 0 Å². The van der Waals surface area contributed by atoms with Crippen molar-refractivity contribution >= 4 is 18.3 Å². The average Bonchev–Trinajstić information content (AvgIpc) is 2.94. The fourth-order valence-electron chi connectivity index (χ4n) is 3.22. The van der Waals surface area contributed by atoms with Crippen LogP contribution in [0.5, 0.6) is 0 Å². The largest absolute Gasteiger partial charge is 0.460 e. The number of benzene rings is 2. The van der Waals surface area contributed by atoms with Crippen LogP contribution in [0, 0.1) is 0 Å². The number of fused-ring (bicyclic) bond motifs is 3. The first-order chi connectivity index (χ1) is 13.3. The maximum Gasteiger partial charge on any atom is 0.408 e. The second kappa shape index (κ2) is 7.84. The highest BCUT2D eigenvalue weighted by atomic mass is 16.6. The third-order valence-corrected chi connectivity index (χ3v) is 4.28. The van der Waals surface area contributed by atoms with Crippen molar-refractivity contribution < 1.29 is 23.9 Å². The molecule has 0 fully saturated rings. The van der Waals surface area contributed by atoms with Crippen LogP contribution in [0.4, 0.5) is 4.79 Å². The van der Waals surface area contributed by atoms with E-state index in [1.165, 1.54) is 0 Å². The van der Waals surface area contributed by atoms with E-state index in [1.54, 1.807) is 20.8 Å². The molecule has 6 nitrogen and oxygen atoms in total. The Balaban J connectivity index is 1.69. The van der Waals surface area contributed by atoms with Crippen molar-refractivity contribution in [2.75, 3.05) is 0 Å². The van der Waals surface area contributed by atoms with Crippen LogP contribution in [0.1, 0.15) is 44.4 Å². The smallest absolute Gasteiger partial charge is 0.408 e. The van der Waals surface area contributed by atoms with Gasteiger partial charge in [0, 0.05) is 11.1 Å². The summed E-state index contributed by atoms with van der Waals surface area (Å²) in [4.78, 5) is 35.6. The van der Waals surface area contributed by atoms with Crippen molar-refractivity contribution in [3.63, 3.8) is 0 Å². The number of rotatable bonds is 5. The van der Waals surface area contributed by atoms with Gasteiger partial charge in [0.25, 0.3) is 0 Å². The number of hydrogen-bond donors (Lipinski definition) is 1. The van der Waals surface area contributed by atoms with E-state index >= 15 is 0 Å². The van der Waals surface area contributed by atoms with E-state index in [2.05, 4.69) is 5.32 Å². The molecule has 1 aliphatic carbocycles. The minimum absolute atomic E-state index is 0.256. The molecule has 0 aromatic heterocycles. The van der Waals surface area contributed by atoms with E-state index in [4.69, 9.17) is 9.47 Å². The molecule has 0 saturated carbocycles. The molecule has 146 valence electrons. The van der Waals surface area contributed by atoms with Gasteiger partial charge >= 0.3 is 12.1 Å². The van der Waals surface area contributed by atoms with E-state index < -0.39 is 29.8 Å². The number of alkyl carbamates (subject to hydrolysis) is 1. The van der Waals surface area contributed by atoms with Crippen LogP contribution in [0.2, 0.25) is 0 Å². The summed E-state index contributed by atoms with van der Waals surface area (Å²) in [6.45, 7) is 5.20. The third kappa shape index (κ3) is 4.39. The summed E-state index contributed by atoms with van der Waals surface area (Å²) in [6.07, 6.45) is -1.09. The van der Waals surface area contributed by atoms with Gasteiger partial charge < -0.3 is 19.6 Å². The maximum absolute atomic E-state index is 12.4. The number of esters is 1. The average molecular weight is 381 g/mol. The molecule has 0 aliphatic heterocycles. The molecular weight excluding hydrogens is 358 g/mol. The van der Waals surface area contributed by atoms with E-state index in [9.17, 15) is 14.4 Å². The predicted molar refractivity (Wildman–Crippen MR) is 104 cm³/mol. The molecular formula is C22H23NO5. The molecule has 0 radical (unpaired) electrons. The Labute approximate surface area is 163 Å². The summed E-state index contributed by atoms with van der Waals surface area (Å²) < 4.78 is 10.8. The molecule has 0 spiro atoms. The summed E-state index contributed by atoms with van der Waals surface area (Å²) in [5.74, 6) is -0.568. The Morgan fingerprint density at radius 2 is 1.57 bits per heavy atom. The molecule has 1 unspecified atom stereocenters. The first-order valence-corrected chi connectivity index (χ1v) is 9.11. The standard InChI is InChI=1S/C22H23NO5/c1-22(2,3)28-19(25)12-14(13-24)23-21(26)27-20-17-10-6-4-8-15(17)16-9-5-7-11-18(16)20/h4-11,13-14,20H,12H2,1-3H3,(H,23,26). The van der Waals surface area contributed by atoms with E-state index in [0.29, 0.717) is 6.29 Å². The number of aldehydes is 1. The van der Waals surface area contributed by atoms with Gasteiger partial charge in [-0.25, -0.2) is 4.79 Å². The Morgan fingerprint density at radius 3 is 2.07 bits per heavy atom. The lowest BCUT2D eigenvalue weighted by Gasteiger charge is -2.21. The van der Waals surface area contributed by atoms with E-state index in [-0.39, 0.29) is 6.42 Å². The molecule has 3 rings (SSSR count). The van der Waals surface area contributed by atoms with Crippen molar-refractivity contribution in [2.45, 2.75) is 44.9 Å². The molecule has 0 saturated heterocycles. The molecule has 1 aliphatic rings. The predicted octanol–water partition coefficient (Wildman–Crippen LogP) is 3.78. The van der Waals surface area contributed by atoms with Crippen molar-refractivity contribution in [2.24, 2.45) is 0 Å². The van der Waals surface area contributed by atoms with Crippen molar-refractivity contribution in [3.8, 4) is 11.1 Å². The summed E-state index contributed by atoms with van der Waals surface area (Å²) in [7, 11) is 0. The zero-order valence-electron chi connectivity index (χ0n) is 16.1. The fraction of sp³-hybridized carbons (Fsp3) is 0.318. The molecule has 28 heavy (non-hydrogen) atoms. The van der Waals surface area contributed by atoms with Crippen molar-refractivity contribution in [3.05, 3.63) is 59.7 Å². The molecule has 0 heterocycles. The van der Waals surface area contributed by atoms with Crippen LogP contribution in [0.15, 0.2) is 48.5 Å². The first kappa shape index (κ1) is 19.6. The lowest BCUT2D eigenvalue weighted by atomic mass is 10.1. The topological polar surface area (TPSA) is 81.7 Å². The van der Waals surface area contributed by atoms with E-state index in [1.807, 2.05) is 48.5 Å². The number of hydrogen-bond acceptors (Lipinski definition) is 5. The highest BCUT2D eigenvalue weighted by molar-refractivity contribution is 5.82. The lowest BCUT2D eigenvalue weighted by Crippen LogP contribution is -2.39. The maximum atomic E-state index is 12.4. The quantitative estimate of drug-likeness (QED) is 0.630. The molecule has 1 N–H and O–H groups in total. The normalized spacial score (nSPS) is 13.8. The summed E-state index contributed by atoms with van der Waals surface area (Å²) in [5.41, 5.74) is 3.12. The van der Waals surface area contributed by atoms with Crippen LogP contribution in [-0.4, -0.2) is 30.0 Å². The highest BCUT2D eigenvalue weighted by Crippen LogP contribution is 2.44. The third-order valence-electron chi connectivity index (χ3n) is 4.28. The molecule has 2 aromatic rings. The summed E-state index contributed by atoms with van der Waals surface area (Å²) >= 11 is 0. The second-order valence-electron chi connectivity index (χ2n) is 7.64. The van der Waals surface area contributed by atoms with Crippen molar-refractivity contribution in [1.82, 2.24) is 5.32 Å². The molecule has 1 amide bonds. The van der Waals surface area contributed by atoms with Gasteiger partial charge in [0.1, 0.15) is 11.9 Å². The number of amides is 1. The lowest BCUT2D eigenvalue weighted by molar-refractivity contribution is -0.155. The van der Waals surface area contributed by atoms with Gasteiger partial charge in [-0.1, -0.05) is 48.5 Å². The Hall–Kier alpha value is -3.15. The Morgan fingerprint density at radius 1 is 1.04 bits per heavy atom. The number of nitrogens with one attached hydrogen (secondary N) is 1. The van der Waals surface area contributed by atoms with Crippen LogP contribution in [0.3, 0.4) is 0 Å². The van der Waals surface area contributed by atoms with Gasteiger partial charge in [0.15, 0.2) is 6.10 Å². The fourth-order valence-corrected chi connectivity index (χ4v) is 3.22. The van der Waals surface area contributed by atoms with Gasteiger partial charge in [-0.15, -0.1) is 0 Å². The second-order valence-corrected chi connectivity index (χ2v) is 7.64. The van der Waals surface area contributed by atoms with Gasteiger partial charge in [-0.05, 0) is 31.9 Å². The van der Waals surface area contributed by atoms with E-state index in [0.717, 1.165) is 22.3 Å². The number of carbonyl (C=O) groups excluding carboxylic acids is 3. The minimum Gasteiger partial charge on any atom is -0.460 e.